The second-order valence-corrected chi connectivity index (χ2v) is 4.34. The van der Waals surface area contributed by atoms with E-state index in [0.29, 0.717) is 5.56 Å². The molecule has 94 valence electrons. The van der Waals surface area contributed by atoms with Crippen LogP contribution in [0.4, 0.5) is 11.4 Å². The minimum Gasteiger partial charge on any atom is -0.385 e. The van der Waals surface area contributed by atoms with Gasteiger partial charge in [-0.25, -0.2) is 0 Å². The minimum absolute atomic E-state index is 0.189. The number of hydrogen-bond donors (Lipinski definition) is 1. The van der Waals surface area contributed by atoms with Crippen molar-refractivity contribution in [1.82, 2.24) is 0 Å². The van der Waals surface area contributed by atoms with E-state index in [1.165, 1.54) is 12.8 Å². The summed E-state index contributed by atoms with van der Waals surface area (Å²) in [6.07, 6.45) is 3.45. The topological polar surface area (TPSA) is 55.2 Å². The Labute approximate surface area is 102 Å². The van der Waals surface area contributed by atoms with Gasteiger partial charge in [0, 0.05) is 23.9 Å². The summed E-state index contributed by atoms with van der Waals surface area (Å²) in [6.45, 7) is 6.77. The monoisotopic (exact) mass is 236 g/mol. The molecule has 17 heavy (non-hydrogen) atoms. The van der Waals surface area contributed by atoms with Crippen molar-refractivity contribution in [1.29, 1.82) is 0 Å². The standard InChI is InChI=1S/C13H20N2O2/c1-4-5-6-7-14-12-9-13(15(16)17)11(3)8-10(12)2/h8-9,14H,4-7H2,1-3H3. The van der Waals surface area contributed by atoms with Crippen LogP contribution < -0.4 is 5.32 Å². The van der Waals surface area contributed by atoms with Gasteiger partial charge in [-0.05, 0) is 31.9 Å². The van der Waals surface area contributed by atoms with E-state index in [4.69, 9.17) is 0 Å². The zero-order valence-corrected chi connectivity index (χ0v) is 10.7. The average molecular weight is 236 g/mol. The van der Waals surface area contributed by atoms with Gasteiger partial charge in [-0.2, -0.15) is 0 Å². The molecule has 0 bridgehead atoms. The SMILES string of the molecule is CCCCCNc1cc([N+](=O)[O-])c(C)cc1C. The first-order valence-electron chi connectivity index (χ1n) is 6.05. The van der Waals surface area contributed by atoms with E-state index in [9.17, 15) is 10.1 Å². The lowest BCUT2D eigenvalue weighted by atomic mass is 10.1. The molecule has 0 unspecified atom stereocenters. The second-order valence-electron chi connectivity index (χ2n) is 4.34. The first kappa shape index (κ1) is 13.5. The van der Waals surface area contributed by atoms with E-state index in [1.807, 2.05) is 13.0 Å². The Morgan fingerprint density at radius 2 is 1.94 bits per heavy atom. The fourth-order valence-corrected chi connectivity index (χ4v) is 1.83. The third kappa shape index (κ3) is 3.73. The molecule has 0 saturated heterocycles. The summed E-state index contributed by atoms with van der Waals surface area (Å²) in [7, 11) is 0. The molecule has 0 aromatic heterocycles. The Morgan fingerprint density at radius 3 is 2.53 bits per heavy atom. The summed E-state index contributed by atoms with van der Waals surface area (Å²) in [5.74, 6) is 0. The third-order valence-electron chi connectivity index (χ3n) is 2.84. The highest BCUT2D eigenvalue weighted by molar-refractivity contribution is 5.60. The van der Waals surface area contributed by atoms with E-state index in [2.05, 4.69) is 12.2 Å². The summed E-state index contributed by atoms with van der Waals surface area (Å²) in [4.78, 5) is 10.5. The fourth-order valence-electron chi connectivity index (χ4n) is 1.83. The number of nitro benzene ring substituents is 1. The van der Waals surface area contributed by atoms with Crippen molar-refractivity contribution < 1.29 is 4.92 Å². The van der Waals surface area contributed by atoms with Gasteiger partial charge in [-0.15, -0.1) is 0 Å². The second kappa shape index (κ2) is 6.23. The van der Waals surface area contributed by atoms with Crippen molar-refractivity contribution in [3.05, 3.63) is 33.4 Å². The van der Waals surface area contributed by atoms with E-state index < -0.39 is 0 Å². The first-order chi connectivity index (χ1) is 8.06. The van der Waals surface area contributed by atoms with Crippen molar-refractivity contribution in [2.45, 2.75) is 40.0 Å². The molecule has 1 N–H and O–H groups in total. The predicted octanol–water partition coefficient (Wildman–Crippen LogP) is 3.81. The van der Waals surface area contributed by atoms with Gasteiger partial charge in [0.05, 0.1) is 4.92 Å². The fraction of sp³-hybridized carbons (Fsp3) is 0.538. The van der Waals surface area contributed by atoms with Crippen LogP contribution in [0.5, 0.6) is 0 Å². The molecule has 0 aliphatic rings. The van der Waals surface area contributed by atoms with Crippen LogP contribution in [0.15, 0.2) is 12.1 Å². The Bertz CT molecular complexity index is 403. The van der Waals surface area contributed by atoms with E-state index in [0.717, 1.165) is 24.2 Å². The van der Waals surface area contributed by atoms with E-state index >= 15 is 0 Å². The summed E-state index contributed by atoms with van der Waals surface area (Å²) >= 11 is 0. The highest BCUT2D eigenvalue weighted by Crippen LogP contribution is 2.26. The van der Waals surface area contributed by atoms with Crippen molar-refractivity contribution in [2.75, 3.05) is 11.9 Å². The number of unbranched alkanes of at least 4 members (excludes halogenated alkanes) is 2. The molecule has 0 amide bonds. The van der Waals surface area contributed by atoms with Crippen LogP contribution in [-0.4, -0.2) is 11.5 Å². The van der Waals surface area contributed by atoms with E-state index in [-0.39, 0.29) is 10.6 Å². The van der Waals surface area contributed by atoms with Crippen LogP contribution in [0.2, 0.25) is 0 Å². The first-order valence-corrected chi connectivity index (χ1v) is 6.05. The summed E-state index contributed by atoms with van der Waals surface area (Å²) in [6, 6.07) is 3.50. The summed E-state index contributed by atoms with van der Waals surface area (Å²) in [5.41, 5.74) is 2.84. The highest BCUT2D eigenvalue weighted by Gasteiger charge is 2.13. The smallest absolute Gasteiger partial charge is 0.274 e. The van der Waals surface area contributed by atoms with Crippen molar-refractivity contribution in [3.8, 4) is 0 Å². The molecule has 4 heteroatoms. The molecule has 0 fully saturated rings. The molecule has 0 atom stereocenters. The molecule has 0 aliphatic carbocycles. The number of benzene rings is 1. The quantitative estimate of drug-likeness (QED) is 0.464. The van der Waals surface area contributed by atoms with Crippen LogP contribution in [0.3, 0.4) is 0 Å². The number of nitrogens with one attached hydrogen (secondary N) is 1. The summed E-state index contributed by atoms with van der Waals surface area (Å²) < 4.78 is 0. The number of aryl methyl sites for hydroxylation is 2. The Kier molecular flexibility index (Phi) is 4.94. The largest absolute Gasteiger partial charge is 0.385 e. The summed E-state index contributed by atoms with van der Waals surface area (Å²) in [5, 5.41) is 14.1. The molecule has 1 rings (SSSR count). The Morgan fingerprint density at radius 1 is 1.24 bits per heavy atom. The zero-order valence-electron chi connectivity index (χ0n) is 10.7. The normalized spacial score (nSPS) is 10.3. The van der Waals surface area contributed by atoms with Crippen molar-refractivity contribution in [2.24, 2.45) is 0 Å². The number of hydrogen-bond acceptors (Lipinski definition) is 3. The number of anilines is 1. The van der Waals surface area contributed by atoms with Gasteiger partial charge in [0.25, 0.3) is 5.69 Å². The Hall–Kier alpha value is -1.58. The van der Waals surface area contributed by atoms with Crippen LogP contribution >= 0.6 is 0 Å². The molecular weight excluding hydrogens is 216 g/mol. The van der Waals surface area contributed by atoms with Gasteiger partial charge >= 0.3 is 0 Å². The van der Waals surface area contributed by atoms with Gasteiger partial charge in [0.2, 0.25) is 0 Å². The maximum atomic E-state index is 10.8. The van der Waals surface area contributed by atoms with Gasteiger partial charge in [0.15, 0.2) is 0 Å². The molecule has 0 saturated carbocycles. The lowest BCUT2D eigenvalue weighted by Crippen LogP contribution is -2.04. The van der Waals surface area contributed by atoms with Crippen LogP contribution in [0.25, 0.3) is 0 Å². The maximum absolute atomic E-state index is 10.8. The van der Waals surface area contributed by atoms with Gasteiger partial charge < -0.3 is 5.32 Å². The molecule has 1 aromatic carbocycles. The van der Waals surface area contributed by atoms with Gasteiger partial charge in [-0.1, -0.05) is 19.8 Å². The van der Waals surface area contributed by atoms with Crippen LogP contribution in [0, 0.1) is 24.0 Å². The predicted molar refractivity (Wildman–Crippen MR) is 70.6 cm³/mol. The molecule has 0 spiro atoms. The van der Waals surface area contributed by atoms with Crippen LogP contribution in [0.1, 0.15) is 37.3 Å². The number of nitro groups is 1. The molecule has 4 nitrogen and oxygen atoms in total. The lowest BCUT2D eigenvalue weighted by Gasteiger charge is -2.10. The molecule has 1 aromatic rings. The molecule has 0 heterocycles. The molecule has 0 aliphatic heterocycles. The van der Waals surface area contributed by atoms with E-state index in [1.54, 1.807) is 13.0 Å². The number of rotatable bonds is 6. The van der Waals surface area contributed by atoms with Crippen molar-refractivity contribution >= 4 is 11.4 Å². The zero-order chi connectivity index (χ0) is 12.8. The van der Waals surface area contributed by atoms with Gasteiger partial charge in [-0.3, -0.25) is 10.1 Å². The third-order valence-corrected chi connectivity index (χ3v) is 2.84. The van der Waals surface area contributed by atoms with Crippen LogP contribution in [-0.2, 0) is 0 Å². The van der Waals surface area contributed by atoms with Gasteiger partial charge in [0.1, 0.15) is 0 Å². The lowest BCUT2D eigenvalue weighted by molar-refractivity contribution is -0.385. The number of nitrogens with zero attached hydrogens (tertiary/aromatic N) is 1. The molecule has 0 radical (unpaired) electrons. The highest BCUT2D eigenvalue weighted by atomic mass is 16.6. The Balaban J connectivity index is 2.77. The minimum atomic E-state index is -0.327. The maximum Gasteiger partial charge on any atom is 0.274 e. The van der Waals surface area contributed by atoms with Crippen molar-refractivity contribution in [3.63, 3.8) is 0 Å². The molecular formula is C13H20N2O2. The average Bonchev–Trinajstić information content (AvgIpc) is 2.26.